The first-order valence-electron chi connectivity index (χ1n) is 10.1. The normalized spacial score (nSPS) is 19.7. The van der Waals surface area contributed by atoms with E-state index in [1.165, 1.54) is 0 Å². The molecule has 8 nitrogen and oxygen atoms in total. The van der Waals surface area contributed by atoms with Gasteiger partial charge >= 0.3 is 5.97 Å². The molecule has 2 aliphatic rings. The fourth-order valence-electron chi connectivity index (χ4n) is 3.94. The van der Waals surface area contributed by atoms with Crippen LogP contribution >= 0.6 is 0 Å². The molecular weight excluding hydrogens is 350 g/mol. The molecule has 1 amide bonds. The average Bonchev–Trinajstić information content (AvgIpc) is 3.60. The standard InChI is InChI=1S/C19H31N3O5/c20-27-17(24)19(13-14-19)10-6-2-4-8-15(21-25)7-3-1-5-9-18(11-12-18)16(23)22-26/h15H,1-14,20H2. The Morgan fingerprint density at radius 3 is 1.78 bits per heavy atom. The predicted molar refractivity (Wildman–Crippen MR) is 100 cm³/mol. The van der Waals surface area contributed by atoms with Crippen LogP contribution in [0.2, 0.25) is 0 Å². The van der Waals surface area contributed by atoms with Gasteiger partial charge in [0, 0.05) is 5.18 Å². The summed E-state index contributed by atoms with van der Waals surface area (Å²) in [5.74, 6) is 4.18. The van der Waals surface area contributed by atoms with E-state index in [0.717, 1.165) is 89.9 Å². The summed E-state index contributed by atoms with van der Waals surface area (Å²) in [7, 11) is 0. The van der Waals surface area contributed by atoms with Crippen LogP contribution < -0.4 is 5.90 Å². The maximum Gasteiger partial charge on any atom is 0.330 e. The van der Waals surface area contributed by atoms with Crippen molar-refractivity contribution >= 4 is 11.9 Å². The summed E-state index contributed by atoms with van der Waals surface area (Å²) >= 11 is 0. The maximum atomic E-state index is 11.6. The third-order valence-electron chi connectivity index (χ3n) is 6.32. The lowest BCUT2D eigenvalue weighted by Crippen LogP contribution is -2.22. The zero-order valence-corrected chi connectivity index (χ0v) is 16.0. The number of carbonyl (C=O) groups is 2. The van der Waals surface area contributed by atoms with Crippen molar-refractivity contribution < 1.29 is 14.4 Å². The minimum Gasteiger partial charge on any atom is -0.373 e. The Bertz CT molecular complexity index is 543. The van der Waals surface area contributed by atoms with E-state index in [9.17, 15) is 19.4 Å². The molecule has 1 unspecified atom stereocenters. The van der Waals surface area contributed by atoms with Crippen LogP contribution in [0.3, 0.4) is 0 Å². The zero-order valence-electron chi connectivity index (χ0n) is 16.0. The molecule has 0 bridgehead atoms. The zero-order chi connectivity index (χ0) is 19.8. The quantitative estimate of drug-likeness (QED) is 0.256. The number of unbranched alkanes of at least 4 members (excludes halogenated alkanes) is 4. The van der Waals surface area contributed by atoms with E-state index < -0.39 is 11.3 Å². The second-order valence-corrected chi connectivity index (χ2v) is 8.32. The summed E-state index contributed by atoms with van der Waals surface area (Å²) in [5.41, 5.74) is -0.796. The molecule has 0 aliphatic heterocycles. The van der Waals surface area contributed by atoms with Crippen LogP contribution in [0.25, 0.3) is 0 Å². The average molecular weight is 381 g/mol. The summed E-state index contributed by atoms with van der Waals surface area (Å²) in [6.07, 6.45) is 11.9. The lowest BCUT2D eigenvalue weighted by atomic mass is 9.95. The molecule has 2 rings (SSSR count). The van der Waals surface area contributed by atoms with E-state index in [2.05, 4.69) is 15.2 Å². The molecule has 27 heavy (non-hydrogen) atoms. The Balaban J connectivity index is 1.49. The van der Waals surface area contributed by atoms with E-state index in [4.69, 9.17) is 5.90 Å². The molecule has 0 aromatic heterocycles. The van der Waals surface area contributed by atoms with Crippen LogP contribution in [0.4, 0.5) is 0 Å². The summed E-state index contributed by atoms with van der Waals surface area (Å²) in [6.45, 7) is 0. The van der Waals surface area contributed by atoms with Gasteiger partial charge in [-0.1, -0.05) is 43.7 Å². The second kappa shape index (κ2) is 10.0. The van der Waals surface area contributed by atoms with Crippen molar-refractivity contribution in [1.29, 1.82) is 0 Å². The SMILES string of the molecule is NOC(=O)C1(CCCCCC(CCCCCC2(C(=O)N=O)CC2)N=O)CC1. The van der Waals surface area contributed by atoms with Gasteiger partial charge in [-0.3, -0.25) is 4.79 Å². The molecular formula is C19H31N3O5. The fraction of sp³-hybridized carbons (Fsp3) is 0.895. The van der Waals surface area contributed by atoms with Gasteiger partial charge in [0.15, 0.2) is 0 Å². The smallest absolute Gasteiger partial charge is 0.330 e. The van der Waals surface area contributed by atoms with Crippen LogP contribution in [-0.2, 0) is 14.4 Å². The van der Waals surface area contributed by atoms with E-state index >= 15 is 0 Å². The molecule has 1 atom stereocenters. The molecule has 2 fully saturated rings. The molecule has 2 N–H and O–H groups in total. The van der Waals surface area contributed by atoms with Gasteiger partial charge in [0.05, 0.1) is 16.9 Å². The van der Waals surface area contributed by atoms with Crippen LogP contribution in [0.1, 0.15) is 89.9 Å². The highest BCUT2D eigenvalue weighted by atomic mass is 16.7. The van der Waals surface area contributed by atoms with Gasteiger partial charge in [0.25, 0.3) is 5.91 Å². The van der Waals surface area contributed by atoms with Gasteiger partial charge in [0.2, 0.25) is 0 Å². The van der Waals surface area contributed by atoms with Crippen LogP contribution in [0.15, 0.2) is 10.4 Å². The minimum atomic E-state index is -0.498. The first kappa shape index (κ1) is 21.6. The van der Waals surface area contributed by atoms with Crippen molar-refractivity contribution in [3.8, 4) is 0 Å². The van der Waals surface area contributed by atoms with E-state index in [0.29, 0.717) is 0 Å². The Labute approximate surface area is 159 Å². The third kappa shape index (κ3) is 6.16. The lowest BCUT2D eigenvalue weighted by molar-refractivity contribution is -0.151. The van der Waals surface area contributed by atoms with Crippen molar-refractivity contribution in [3.63, 3.8) is 0 Å². The summed E-state index contributed by atoms with van der Waals surface area (Å²) in [4.78, 5) is 48.8. The van der Waals surface area contributed by atoms with Gasteiger partial charge in [-0.05, 0) is 51.4 Å². The summed E-state index contributed by atoms with van der Waals surface area (Å²) in [5, 5.41) is 5.81. The van der Waals surface area contributed by atoms with Gasteiger partial charge < -0.3 is 4.84 Å². The predicted octanol–water partition coefficient (Wildman–Crippen LogP) is 4.29. The Kier molecular flexibility index (Phi) is 8.01. The Morgan fingerprint density at radius 1 is 0.852 bits per heavy atom. The van der Waals surface area contributed by atoms with Crippen molar-refractivity contribution in [2.75, 3.05) is 0 Å². The van der Waals surface area contributed by atoms with Gasteiger partial charge in [-0.25, -0.2) is 4.79 Å². The first-order chi connectivity index (χ1) is 13.0. The Morgan fingerprint density at radius 2 is 1.37 bits per heavy atom. The van der Waals surface area contributed by atoms with Gasteiger partial charge in [-0.2, -0.15) is 10.8 Å². The molecule has 0 saturated heterocycles. The number of hydrogen-bond acceptors (Lipinski definition) is 7. The van der Waals surface area contributed by atoms with Crippen molar-refractivity contribution in [2.24, 2.45) is 27.1 Å². The highest BCUT2D eigenvalue weighted by Gasteiger charge is 2.50. The minimum absolute atomic E-state index is 0.165. The van der Waals surface area contributed by atoms with E-state index in [1.54, 1.807) is 0 Å². The van der Waals surface area contributed by atoms with Crippen LogP contribution in [-0.4, -0.2) is 17.9 Å². The van der Waals surface area contributed by atoms with Gasteiger partial charge in [0.1, 0.15) is 0 Å². The first-order valence-corrected chi connectivity index (χ1v) is 10.1. The number of amides is 1. The highest BCUT2D eigenvalue weighted by molar-refractivity contribution is 5.85. The van der Waals surface area contributed by atoms with Crippen molar-refractivity contribution in [3.05, 3.63) is 9.81 Å². The molecule has 0 aromatic carbocycles. The number of nitroso groups, excluding NO2 is 2. The number of nitrogens with two attached hydrogens (primary N) is 1. The number of hydrogen-bond donors (Lipinski definition) is 1. The van der Waals surface area contributed by atoms with Crippen molar-refractivity contribution in [1.82, 2.24) is 0 Å². The topological polar surface area (TPSA) is 128 Å². The molecule has 0 aromatic rings. The molecule has 8 heteroatoms. The molecule has 152 valence electrons. The lowest BCUT2D eigenvalue weighted by Gasteiger charge is -2.12. The number of rotatable bonds is 15. The van der Waals surface area contributed by atoms with Crippen LogP contribution in [0.5, 0.6) is 0 Å². The maximum absolute atomic E-state index is 11.6. The molecule has 0 spiro atoms. The van der Waals surface area contributed by atoms with Crippen LogP contribution in [0, 0.1) is 20.6 Å². The molecule has 2 aliphatic carbocycles. The van der Waals surface area contributed by atoms with Crippen molar-refractivity contribution in [2.45, 2.75) is 95.9 Å². The monoisotopic (exact) mass is 381 g/mol. The molecule has 2 saturated carbocycles. The summed E-state index contributed by atoms with van der Waals surface area (Å²) in [6, 6.07) is -0.165. The summed E-state index contributed by atoms with van der Waals surface area (Å²) < 4.78 is 0. The largest absolute Gasteiger partial charge is 0.373 e. The molecule has 0 heterocycles. The number of carbonyl (C=O) groups excluding carboxylic acids is 2. The number of nitrogens with zero attached hydrogens (tertiary/aromatic N) is 2. The Hall–Kier alpha value is -1.70. The van der Waals surface area contributed by atoms with E-state index in [-0.39, 0.29) is 17.4 Å². The fourth-order valence-corrected chi connectivity index (χ4v) is 3.94. The van der Waals surface area contributed by atoms with Gasteiger partial charge in [-0.15, -0.1) is 4.91 Å². The molecule has 0 radical (unpaired) electrons. The second-order valence-electron chi connectivity index (χ2n) is 8.32. The third-order valence-corrected chi connectivity index (χ3v) is 6.32. The van der Waals surface area contributed by atoms with E-state index in [1.807, 2.05) is 0 Å². The highest BCUT2D eigenvalue weighted by Crippen LogP contribution is 2.51.